The highest BCUT2D eigenvalue weighted by Crippen LogP contribution is 2.17. The largest absolute Gasteiger partial charge is 0.469 e. The van der Waals surface area contributed by atoms with Crippen LogP contribution in [0, 0.1) is 5.82 Å². The molecule has 0 aliphatic heterocycles. The summed E-state index contributed by atoms with van der Waals surface area (Å²) in [5, 5.41) is 2.59. The Morgan fingerprint density at radius 1 is 1.35 bits per heavy atom. The van der Waals surface area contributed by atoms with Crippen LogP contribution in [0.2, 0.25) is 0 Å². The summed E-state index contributed by atoms with van der Waals surface area (Å²) in [7, 11) is 1.25. The Labute approximate surface area is 135 Å². The number of nitrogen functional groups attached to an aromatic ring is 1. The van der Waals surface area contributed by atoms with Crippen LogP contribution in [-0.4, -0.2) is 30.8 Å². The van der Waals surface area contributed by atoms with E-state index in [0.29, 0.717) is 11.3 Å². The van der Waals surface area contributed by atoms with Gasteiger partial charge in [0, 0.05) is 11.7 Å². The molecule has 0 radical (unpaired) electrons. The second kappa shape index (κ2) is 7.80. The molecule has 0 aliphatic rings. The monoisotopic (exact) mass is 326 g/mol. The number of alkyl carbamates (subject to hydrolysis) is 1. The van der Waals surface area contributed by atoms with Gasteiger partial charge in [-0.05, 0) is 51.0 Å². The summed E-state index contributed by atoms with van der Waals surface area (Å²) in [6.45, 7) is 5.19. The molecule has 0 spiro atoms. The van der Waals surface area contributed by atoms with Gasteiger partial charge in [-0.1, -0.05) is 0 Å². The van der Waals surface area contributed by atoms with Gasteiger partial charge in [-0.2, -0.15) is 0 Å². The van der Waals surface area contributed by atoms with E-state index < -0.39 is 29.5 Å². The molecule has 0 aliphatic carbocycles. The first-order chi connectivity index (χ1) is 10.6. The molecule has 6 nitrogen and oxygen atoms in total. The summed E-state index contributed by atoms with van der Waals surface area (Å²) in [5.41, 5.74) is 6.02. The molecule has 1 atom stereocenters. The topological polar surface area (TPSA) is 90.6 Å². The Bertz CT molecular complexity index is 570. The van der Waals surface area contributed by atoms with E-state index in [-0.39, 0.29) is 12.8 Å². The van der Waals surface area contributed by atoms with E-state index in [1.54, 1.807) is 20.8 Å². The molecule has 0 aromatic heterocycles. The van der Waals surface area contributed by atoms with Crippen LogP contribution in [0.25, 0.3) is 0 Å². The summed E-state index contributed by atoms with van der Waals surface area (Å²) < 4.78 is 23.1. The van der Waals surface area contributed by atoms with Gasteiger partial charge >= 0.3 is 12.1 Å². The van der Waals surface area contributed by atoms with Gasteiger partial charge in [-0.25, -0.2) is 9.18 Å². The van der Waals surface area contributed by atoms with Crippen molar-refractivity contribution in [2.45, 2.75) is 45.3 Å². The maximum Gasteiger partial charge on any atom is 0.407 e. The van der Waals surface area contributed by atoms with Crippen molar-refractivity contribution >= 4 is 17.7 Å². The molecule has 0 fully saturated rings. The number of ether oxygens (including phenoxy) is 2. The maximum atomic E-state index is 13.4. The molecule has 0 bridgehead atoms. The molecular weight excluding hydrogens is 303 g/mol. The quantitative estimate of drug-likeness (QED) is 0.640. The number of anilines is 1. The van der Waals surface area contributed by atoms with E-state index in [9.17, 15) is 14.0 Å². The van der Waals surface area contributed by atoms with Crippen LogP contribution in [-0.2, 0) is 20.7 Å². The maximum absolute atomic E-state index is 13.4. The summed E-state index contributed by atoms with van der Waals surface area (Å²) in [5.74, 6) is -0.940. The number of methoxy groups -OCH3 is 1. The molecule has 1 unspecified atom stereocenters. The van der Waals surface area contributed by atoms with Gasteiger partial charge in [0.2, 0.25) is 0 Å². The predicted octanol–water partition coefficient (Wildman–Crippen LogP) is 2.41. The number of nitrogens with two attached hydrogens (primary N) is 1. The molecule has 128 valence electrons. The van der Waals surface area contributed by atoms with Gasteiger partial charge in [0.25, 0.3) is 0 Å². The van der Waals surface area contributed by atoms with Gasteiger partial charge in [-0.3, -0.25) is 4.79 Å². The second-order valence-corrected chi connectivity index (χ2v) is 6.17. The standard InChI is InChI=1S/C16H23FN2O4/c1-16(2,3)23-15(21)19-12(9-14(20)22-4)8-10-7-11(17)5-6-13(10)18/h5-7,12H,8-9,18H2,1-4H3,(H,19,21). The van der Waals surface area contributed by atoms with Gasteiger partial charge in [0.05, 0.1) is 13.5 Å². The number of carbonyl (C=O) groups is 2. The number of hydrogen-bond donors (Lipinski definition) is 2. The number of esters is 1. The molecule has 0 saturated heterocycles. The zero-order valence-electron chi connectivity index (χ0n) is 13.8. The Morgan fingerprint density at radius 2 is 2.00 bits per heavy atom. The lowest BCUT2D eigenvalue weighted by Gasteiger charge is -2.23. The molecule has 1 amide bonds. The zero-order chi connectivity index (χ0) is 17.6. The van der Waals surface area contributed by atoms with E-state index in [0.717, 1.165) is 0 Å². The number of hydrogen-bond acceptors (Lipinski definition) is 5. The number of nitrogens with one attached hydrogen (secondary N) is 1. The van der Waals surface area contributed by atoms with Crippen LogP contribution < -0.4 is 11.1 Å². The van der Waals surface area contributed by atoms with Crippen molar-refractivity contribution in [3.05, 3.63) is 29.6 Å². The van der Waals surface area contributed by atoms with Gasteiger partial charge in [-0.15, -0.1) is 0 Å². The average molecular weight is 326 g/mol. The van der Waals surface area contributed by atoms with Gasteiger partial charge in [0.15, 0.2) is 0 Å². The van der Waals surface area contributed by atoms with Crippen LogP contribution in [0.1, 0.15) is 32.8 Å². The van der Waals surface area contributed by atoms with Crippen molar-refractivity contribution in [2.24, 2.45) is 0 Å². The molecule has 0 heterocycles. The number of carbonyl (C=O) groups excluding carboxylic acids is 2. The Morgan fingerprint density at radius 3 is 2.57 bits per heavy atom. The Hall–Kier alpha value is -2.31. The van der Waals surface area contributed by atoms with Gasteiger partial charge in [0.1, 0.15) is 11.4 Å². The molecule has 3 N–H and O–H groups in total. The van der Waals surface area contributed by atoms with E-state index >= 15 is 0 Å². The summed E-state index contributed by atoms with van der Waals surface area (Å²) in [6, 6.07) is 3.33. The molecule has 1 aromatic carbocycles. The van der Waals surface area contributed by atoms with Crippen molar-refractivity contribution < 1.29 is 23.5 Å². The lowest BCUT2D eigenvalue weighted by atomic mass is 10.0. The Balaban J connectivity index is 2.85. The average Bonchev–Trinajstić information content (AvgIpc) is 2.40. The van der Waals surface area contributed by atoms with E-state index in [1.807, 2.05) is 0 Å². The normalized spacial score (nSPS) is 12.4. The first kappa shape index (κ1) is 18.7. The summed E-state index contributed by atoms with van der Waals surface area (Å²) in [6.07, 6.45) is -0.565. The smallest absolute Gasteiger partial charge is 0.407 e. The molecule has 0 saturated carbocycles. The SMILES string of the molecule is COC(=O)CC(Cc1cc(F)ccc1N)NC(=O)OC(C)(C)C. The highest BCUT2D eigenvalue weighted by molar-refractivity contribution is 5.73. The minimum atomic E-state index is -0.669. The fourth-order valence-electron chi connectivity index (χ4n) is 1.95. The van der Waals surface area contributed by atoms with Crippen molar-refractivity contribution in [1.29, 1.82) is 0 Å². The molecule has 7 heteroatoms. The van der Waals surface area contributed by atoms with Crippen molar-refractivity contribution in [1.82, 2.24) is 5.32 Å². The molecule has 23 heavy (non-hydrogen) atoms. The summed E-state index contributed by atoms with van der Waals surface area (Å²) >= 11 is 0. The number of amides is 1. The lowest BCUT2D eigenvalue weighted by molar-refractivity contribution is -0.141. The lowest BCUT2D eigenvalue weighted by Crippen LogP contribution is -2.41. The van der Waals surface area contributed by atoms with Crippen LogP contribution in [0.3, 0.4) is 0 Å². The number of rotatable bonds is 5. The minimum absolute atomic E-state index is 0.0777. The molecular formula is C16H23FN2O4. The van der Waals surface area contributed by atoms with Crippen LogP contribution in [0.4, 0.5) is 14.9 Å². The third-order valence-corrected chi connectivity index (χ3v) is 2.93. The number of benzene rings is 1. The second-order valence-electron chi connectivity index (χ2n) is 6.17. The van der Waals surface area contributed by atoms with Crippen molar-refractivity contribution in [3.8, 4) is 0 Å². The third-order valence-electron chi connectivity index (χ3n) is 2.93. The minimum Gasteiger partial charge on any atom is -0.469 e. The summed E-state index contributed by atoms with van der Waals surface area (Å²) in [4.78, 5) is 23.4. The molecule has 1 rings (SSSR count). The van der Waals surface area contributed by atoms with Crippen molar-refractivity contribution in [3.63, 3.8) is 0 Å². The van der Waals surface area contributed by atoms with Crippen LogP contribution in [0.15, 0.2) is 18.2 Å². The fourth-order valence-corrected chi connectivity index (χ4v) is 1.95. The van der Waals surface area contributed by atoms with Gasteiger partial charge < -0.3 is 20.5 Å². The van der Waals surface area contributed by atoms with Crippen molar-refractivity contribution in [2.75, 3.05) is 12.8 Å². The van der Waals surface area contributed by atoms with Crippen LogP contribution in [0.5, 0.6) is 0 Å². The number of halogens is 1. The zero-order valence-corrected chi connectivity index (χ0v) is 13.8. The molecule has 1 aromatic rings. The highest BCUT2D eigenvalue weighted by Gasteiger charge is 2.22. The third kappa shape index (κ3) is 6.99. The fraction of sp³-hybridized carbons (Fsp3) is 0.500. The van der Waals surface area contributed by atoms with E-state index in [2.05, 4.69) is 10.1 Å². The first-order valence-electron chi connectivity index (χ1n) is 7.21. The highest BCUT2D eigenvalue weighted by atomic mass is 19.1. The van der Waals surface area contributed by atoms with E-state index in [1.165, 1.54) is 25.3 Å². The van der Waals surface area contributed by atoms with E-state index in [4.69, 9.17) is 10.5 Å². The predicted molar refractivity (Wildman–Crippen MR) is 84.3 cm³/mol. The Kier molecular flexibility index (Phi) is 6.36. The first-order valence-corrected chi connectivity index (χ1v) is 7.21. The van der Waals surface area contributed by atoms with Crippen LogP contribution >= 0.6 is 0 Å².